The van der Waals surface area contributed by atoms with Gasteiger partial charge in [0.1, 0.15) is 6.29 Å². The lowest BCUT2D eigenvalue weighted by atomic mass is 9.97. The van der Waals surface area contributed by atoms with Gasteiger partial charge in [-0.1, -0.05) is 30.3 Å². The van der Waals surface area contributed by atoms with Crippen LogP contribution in [-0.4, -0.2) is 17.2 Å². The maximum absolute atomic E-state index is 11.4. The Labute approximate surface area is 134 Å². The molecule has 2 aromatic carbocycles. The number of hydrogen-bond acceptors (Lipinski definition) is 3. The normalized spacial score (nSPS) is 10.6. The molecule has 0 aliphatic heterocycles. The second kappa shape index (κ2) is 6.40. The van der Waals surface area contributed by atoms with Crippen molar-refractivity contribution in [3.8, 4) is 11.1 Å². The van der Waals surface area contributed by atoms with Crippen LogP contribution in [0.25, 0.3) is 21.9 Å². The Morgan fingerprint density at radius 1 is 1.09 bits per heavy atom. The SMILES string of the molecule is NC(=O)c1ccc2cncc(-c3ccc(CCC=O)cc3)c2c1. The first-order valence-electron chi connectivity index (χ1n) is 7.39. The number of pyridine rings is 1. The Bertz CT molecular complexity index is 870. The molecule has 0 saturated carbocycles. The van der Waals surface area contributed by atoms with Crippen LogP contribution in [0.2, 0.25) is 0 Å². The number of aromatic nitrogens is 1. The van der Waals surface area contributed by atoms with Crippen molar-refractivity contribution in [2.24, 2.45) is 5.73 Å². The van der Waals surface area contributed by atoms with Crippen molar-refractivity contribution in [1.82, 2.24) is 4.98 Å². The molecule has 114 valence electrons. The minimum absolute atomic E-state index is 0.445. The van der Waals surface area contributed by atoms with Crippen LogP contribution in [0, 0.1) is 0 Å². The summed E-state index contributed by atoms with van der Waals surface area (Å²) in [4.78, 5) is 26.1. The zero-order chi connectivity index (χ0) is 16.2. The molecule has 4 nitrogen and oxygen atoms in total. The third-order valence-corrected chi connectivity index (χ3v) is 3.86. The summed E-state index contributed by atoms with van der Waals surface area (Å²) in [5.74, 6) is -0.445. The minimum Gasteiger partial charge on any atom is -0.366 e. The van der Waals surface area contributed by atoms with Crippen molar-refractivity contribution >= 4 is 23.0 Å². The average Bonchev–Trinajstić information content (AvgIpc) is 2.59. The Balaban J connectivity index is 2.06. The van der Waals surface area contributed by atoms with Crippen LogP contribution in [0.4, 0.5) is 0 Å². The Hall–Kier alpha value is -3.01. The third kappa shape index (κ3) is 3.11. The lowest BCUT2D eigenvalue weighted by Gasteiger charge is -2.08. The van der Waals surface area contributed by atoms with Crippen molar-refractivity contribution < 1.29 is 9.59 Å². The Morgan fingerprint density at radius 2 is 1.87 bits per heavy atom. The van der Waals surface area contributed by atoms with E-state index in [-0.39, 0.29) is 0 Å². The quantitative estimate of drug-likeness (QED) is 0.736. The molecule has 0 atom stereocenters. The molecule has 2 N–H and O–H groups in total. The maximum Gasteiger partial charge on any atom is 0.248 e. The highest BCUT2D eigenvalue weighted by atomic mass is 16.1. The molecule has 0 bridgehead atoms. The first kappa shape index (κ1) is 14.9. The first-order chi connectivity index (χ1) is 11.2. The fourth-order valence-corrected chi connectivity index (χ4v) is 2.62. The van der Waals surface area contributed by atoms with Gasteiger partial charge in [0.25, 0.3) is 0 Å². The van der Waals surface area contributed by atoms with E-state index in [1.54, 1.807) is 24.5 Å². The second-order valence-corrected chi connectivity index (χ2v) is 5.39. The predicted molar refractivity (Wildman–Crippen MR) is 90.1 cm³/mol. The number of fused-ring (bicyclic) bond motifs is 1. The summed E-state index contributed by atoms with van der Waals surface area (Å²) in [6.07, 6.45) is 5.74. The number of hydrogen-bond donors (Lipinski definition) is 1. The van der Waals surface area contributed by atoms with Crippen LogP contribution in [0.15, 0.2) is 54.9 Å². The van der Waals surface area contributed by atoms with Gasteiger partial charge in [0, 0.05) is 35.3 Å². The number of aldehydes is 1. The van der Waals surface area contributed by atoms with E-state index in [9.17, 15) is 9.59 Å². The van der Waals surface area contributed by atoms with Gasteiger partial charge in [0.2, 0.25) is 5.91 Å². The molecule has 23 heavy (non-hydrogen) atoms. The Morgan fingerprint density at radius 3 is 2.57 bits per heavy atom. The number of amides is 1. The topological polar surface area (TPSA) is 73.1 Å². The molecule has 0 fully saturated rings. The van der Waals surface area contributed by atoms with E-state index in [1.165, 1.54) is 0 Å². The smallest absolute Gasteiger partial charge is 0.248 e. The third-order valence-electron chi connectivity index (χ3n) is 3.86. The fraction of sp³-hybridized carbons (Fsp3) is 0.105. The predicted octanol–water partition coefficient (Wildman–Crippen LogP) is 3.13. The highest BCUT2D eigenvalue weighted by Crippen LogP contribution is 2.28. The van der Waals surface area contributed by atoms with E-state index in [2.05, 4.69) is 4.98 Å². The summed E-state index contributed by atoms with van der Waals surface area (Å²) < 4.78 is 0. The number of carbonyl (C=O) groups excluding carboxylic acids is 2. The van der Waals surface area contributed by atoms with Crippen molar-refractivity contribution in [1.29, 1.82) is 0 Å². The highest BCUT2D eigenvalue weighted by Gasteiger charge is 2.08. The molecular formula is C19H16N2O2. The number of benzene rings is 2. The number of carbonyl (C=O) groups is 2. The molecule has 0 aliphatic carbocycles. The summed E-state index contributed by atoms with van der Waals surface area (Å²) in [6.45, 7) is 0. The van der Waals surface area contributed by atoms with Gasteiger partial charge in [0.15, 0.2) is 0 Å². The molecule has 4 heteroatoms. The number of aryl methyl sites for hydroxylation is 1. The van der Waals surface area contributed by atoms with Crippen LogP contribution in [-0.2, 0) is 11.2 Å². The van der Waals surface area contributed by atoms with Crippen LogP contribution in [0.5, 0.6) is 0 Å². The molecule has 0 radical (unpaired) electrons. The lowest BCUT2D eigenvalue weighted by molar-refractivity contribution is -0.107. The Kier molecular flexibility index (Phi) is 4.15. The maximum atomic E-state index is 11.4. The average molecular weight is 304 g/mol. The summed E-state index contributed by atoms with van der Waals surface area (Å²) in [7, 11) is 0. The second-order valence-electron chi connectivity index (χ2n) is 5.39. The highest BCUT2D eigenvalue weighted by molar-refractivity contribution is 6.02. The van der Waals surface area contributed by atoms with Crippen LogP contribution in [0.1, 0.15) is 22.3 Å². The van der Waals surface area contributed by atoms with Gasteiger partial charge < -0.3 is 10.5 Å². The lowest BCUT2D eigenvalue weighted by Crippen LogP contribution is -2.10. The van der Waals surface area contributed by atoms with E-state index >= 15 is 0 Å². The summed E-state index contributed by atoms with van der Waals surface area (Å²) in [6, 6.07) is 13.4. The minimum atomic E-state index is -0.445. The summed E-state index contributed by atoms with van der Waals surface area (Å²) in [5, 5.41) is 1.90. The monoisotopic (exact) mass is 304 g/mol. The molecule has 1 aromatic heterocycles. The zero-order valence-electron chi connectivity index (χ0n) is 12.5. The van der Waals surface area contributed by atoms with Crippen molar-refractivity contribution in [3.63, 3.8) is 0 Å². The molecule has 1 amide bonds. The van der Waals surface area contributed by atoms with Crippen molar-refractivity contribution in [2.75, 3.05) is 0 Å². The standard InChI is InChI=1S/C19H16N2O2/c20-19(23)15-7-8-16-11-21-12-18(17(16)10-15)14-5-3-13(4-6-14)2-1-9-22/h3-12H,1-2H2,(H2,20,23). The van der Waals surface area contributed by atoms with Crippen LogP contribution in [0.3, 0.4) is 0 Å². The van der Waals surface area contributed by atoms with E-state index in [0.717, 1.165) is 40.2 Å². The molecule has 3 rings (SSSR count). The molecule has 0 saturated heterocycles. The number of nitrogens with two attached hydrogens (primary N) is 1. The van der Waals surface area contributed by atoms with Gasteiger partial charge in [-0.05, 0) is 35.1 Å². The van der Waals surface area contributed by atoms with Crippen molar-refractivity contribution in [2.45, 2.75) is 12.8 Å². The van der Waals surface area contributed by atoms with Gasteiger partial charge in [-0.2, -0.15) is 0 Å². The molecule has 0 aliphatic rings. The van der Waals surface area contributed by atoms with Gasteiger partial charge in [-0.15, -0.1) is 0 Å². The van der Waals surface area contributed by atoms with Crippen LogP contribution >= 0.6 is 0 Å². The van der Waals surface area contributed by atoms with Gasteiger partial charge in [0.05, 0.1) is 0 Å². The fourth-order valence-electron chi connectivity index (χ4n) is 2.62. The van der Waals surface area contributed by atoms with Crippen molar-refractivity contribution in [3.05, 3.63) is 66.0 Å². The summed E-state index contributed by atoms with van der Waals surface area (Å²) in [5.41, 5.74) is 8.94. The molecule has 3 aromatic rings. The van der Waals surface area contributed by atoms with E-state index in [1.807, 2.05) is 30.3 Å². The number of rotatable bonds is 5. The van der Waals surface area contributed by atoms with Gasteiger partial charge in [-0.3, -0.25) is 9.78 Å². The number of nitrogens with zero attached hydrogens (tertiary/aromatic N) is 1. The molecule has 1 heterocycles. The largest absolute Gasteiger partial charge is 0.366 e. The van der Waals surface area contributed by atoms with E-state index in [4.69, 9.17) is 5.73 Å². The van der Waals surface area contributed by atoms with Gasteiger partial charge in [-0.25, -0.2) is 0 Å². The zero-order valence-corrected chi connectivity index (χ0v) is 12.5. The number of primary amides is 1. The molecule has 0 spiro atoms. The first-order valence-corrected chi connectivity index (χ1v) is 7.39. The molecule has 0 unspecified atom stereocenters. The molecular weight excluding hydrogens is 288 g/mol. The van der Waals surface area contributed by atoms with E-state index < -0.39 is 5.91 Å². The summed E-state index contributed by atoms with van der Waals surface area (Å²) >= 11 is 0. The van der Waals surface area contributed by atoms with E-state index in [0.29, 0.717) is 12.0 Å². The van der Waals surface area contributed by atoms with Crippen LogP contribution < -0.4 is 5.73 Å². The van der Waals surface area contributed by atoms with Gasteiger partial charge >= 0.3 is 0 Å².